The third kappa shape index (κ3) is 5.54. The first kappa shape index (κ1) is 23.3. The van der Waals surface area contributed by atoms with Gasteiger partial charge in [0.05, 0.1) is 11.4 Å². The van der Waals surface area contributed by atoms with E-state index in [2.05, 4.69) is 19.8 Å². The van der Waals surface area contributed by atoms with E-state index in [0.717, 1.165) is 29.6 Å². The molecular formula is C23H21F2N5O3S. The Balaban J connectivity index is 1.48. The summed E-state index contributed by atoms with van der Waals surface area (Å²) in [6.45, 7) is 5.54. The molecule has 0 radical (unpaired) electrons. The van der Waals surface area contributed by atoms with Crippen LogP contribution in [0.25, 0.3) is 5.82 Å². The van der Waals surface area contributed by atoms with Gasteiger partial charge in [0.2, 0.25) is 15.9 Å². The molecule has 11 heteroatoms. The second-order valence-corrected chi connectivity index (χ2v) is 9.40. The number of aromatic nitrogens is 4. The number of rotatable bonds is 7. The Morgan fingerprint density at radius 3 is 2.38 bits per heavy atom. The number of hydrogen-bond donors (Lipinski definition) is 1. The van der Waals surface area contributed by atoms with Gasteiger partial charge in [0.15, 0.2) is 5.82 Å². The average molecular weight is 486 g/mol. The number of nitrogens with one attached hydrogen (secondary N) is 1. The van der Waals surface area contributed by atoms with Crippen LogP contribution in [0.1, 0.15) is 22.8 Å². The van der Waals surface area contributed by atoms with E-state index in [9.17, 15) is 17.2 Å². The first-order valence-corrected chi connectivity index (χ1v) is 11.8. The smallest absolute Gasteiger partial charge is 0.237 e. The first-order chi connectivity index (χ1) is 16.1. The number of aryl methyl sites for hydroxylation is 3. The fourth-order valence-corrected chi connectivity index (χ4v) is 4.53. The molecule has 0 atom stereocenters. The van der Waals surface area contributed by atoms with Crippen molar-refractivity contribution in [3.63, 3.8) is 0 Å². The van der Waals surface area contributed by atoms with Crippen molar-refractivity contribution < 1.29 is 21.9 Å². The molecule has 0 aliphatic rings. The van der Waals surface area contributed by atoms with Crippen molar-refractivity contribution in [3.8, 4) is 17.4 Å². The van der Waals surface area contributed by atoms with Crippen molar-refractivity contribution in [2.75, 3.05) is 4.72 Å². The number of halogens is 2. The van der Waals surface area contributed by atoms with Crippen LogP contribution in [-0.4, -0.2) is 28.2 Å². The molecule has 8 nitrogen and oxygen atoms in total. The van der Waals surface area contributed by atoms with Gasteiger partial charge in [-0.15, -0.1) is 0 Å². The summed E-state index contributed by atoms with van der Waals surface area (Å²) >= 11 is 0. The third-order valence-corrected chi connectivity index (χ3v) is 5.97. The van der Waals surface area contributed by atoms with Gasteiger partial charge in [-0.1, -0.05) is 0 Å². The van der Waals surface area contributed by atoms with Gasteiger partial charge < -0.3 is 4.74 Å². The van der Waals surface area contributed by atoms with Crippen molar-refractivity contribution in [1.82, 2.24) is 19.7 Å². The van der Waals surface area contributed by atoms with Gasteiger partial charge >= 0.3 is 0 Å². The summed E-state index contributed by atoms with van der Waals surface area (Å²) in [4.78, 5) is 8.69. The zero-order valence-corrected chi connectivity index (χ0v) is 19.4. The van der Waals surface area contributed by atoms with Crippen molar-refractivity contribution in [3.05, 3.63) is 89.0 Å². The molecule has 0 aliphatic carbocycles. The molecule has 2 heterocycles. The van der Waals surface area contributed by atoms with E-state index in [1.165, 1.54) is 12.1 Å². The zero-order chi connectivity index (χ0) is 24.5. The van der Waals surface area contributed by atoms with E-state index in [1.807, 2.05) is 19.9 Å². The largest absolute Gasteiger partial charge is 0.439 e. The number of anilines is 1. The minimum atomic E-state index is -3.97. The average Bonchev–Trinajstić information content (AvgIpc) is 3.09. The van der Waals surface area contributed by atoms with Crippen LogP contribution in [-0.2, 0) is 15.8 Å². The van der Waals surface area contributed by atoms with Crippen LogP contribution >= 0.6 is 0 Å². The number of sulfonamides is 1. The summed E-state index contributed by atoms with van der Waals surface area (Å²) in [6, 6.07) is 12.3. The molecule has 34 heavy (non-hydrogen) atoms. The quantitative estimate of drug-likeness (QED) is 0.411. The molecule has 0 unspecified atom stereocenters. The fraction of sp³-hybridized carbons (Fsp3) is 0.174. The molecule has 0 amide bonds. The summed E-state index contributed by atoms with van der Waals surface area (Å²) in [6.07, 6.45) is 0. The Morgan fingerprint density at radius 2 is 1.71 bits per heavy atom. The maximum atomic E-state index is 13.8. The van der Waals surface area contributed by atoms with Crippen LogP contribution in [0, 0.1) is 32.4 Å². The lowest BCUT2D eigenvalue weighted by atomic mass is 10.2. The first-order valence-electron chi connectivity index (χ1n) is 10.2. The van der Waals surface area contributed by atoms with Crippen molar-refractivity contribution in [2.24, 2.45) is 0 Å². The Hall–Kier alpha value is -3.86. The fourth-order valence-electron chi connectivity index (χ4n) is 3.33. The van der Waals surface area contributed by atoms with Crippen LogP contribution in [0.4, 0.5) is 14.5 Å². The van der Waals surface area contributed by atoms with Crippen LogP contribution in [0.15, 0.2) is 54.6 Å². The molecule has 0 aliphatic heterocycles. The van der Waals surface area contributed by atoms with Gasteiger partial charge in [-0.25, -0.2) is 26.9 Å². The van der Waals surface area contributed by atoms with Gasteiger partial charge in [-0.05, 0) is 69.3 Å². The van der Waals surface area contributed by atoms with Crippen LogP contribution in [0.2, 0.25) is 0 Å². The third-order valence-electron chi connectivity index (χ3n) is 4.73. The lowest BCUT2D eigenvalue weighted by Gasteiger charge is -2.11. The van der Waals surface area contributed by atoms with Gasteiger partial charge in [0.1, 0.15) is 23.2 Å². The molecule has 0 fully saturated rings. The summed E-state index contributed by atoms with van der Waals surface area (Å²) in [5.41, 5.74) is 1.75. The molecule has 4 rings (SSSR count). The molecule has 2 aromatic carbocycles. The molecule has 0 saturated carbocycles. The standard InChI is InChI=1S/C23H21F2N5O3S/c1-14-10-15(2)30(28-14)22-12-23(27-16(3)26-22)33-20-7-5-19(6-8-20)29-34(31,32)13-17-11-18(24)4-9-21(17)25/h4-12,29H,13H2,1-3H3. The Bertz CT molecular complexity index is 1450. The monoisotopic (exact) mass is 485 g/mol. The topological polar surface area (TPSA) is 99.0 Å². The number of ether oxygens (including phenoxy) is 1. The zero-order valence-electron chi connectivity index (χ0n) is 18.6. The normalized spacial score (nSPS) is 11.4. The number of hydrogen-bond acceptors (Lipinski definition) is 6. The second kappa shape index (κ2) is 9.18. The van der Waals surface area contributed by atoms with Crippen LogP contribution in [0.5, 0.6) is 11.6 Å². The minimum Gasteiger partial charge on any atom is -0.439 e. The van der Waals surface area contributed by atoms with Crippen LogP contribution in [0.3, 0.4) is 0 Å². The Labute approximate surface area is 195 Å². The molecular weight excluding hydrogens is 464 g/mol. The predicted octanol–water partition coefficient (Wildman–Crippen LogP) is 4.60. The molecule has 1 N–H and O–H groups in total. The minimum absolute atomic E-state index is 0.242. The molecule has 4 aromatic rings. The maximum absolute atomic E-state index is 13.8. The highest BCUT2D eigenvalue weighted by Gasteiger charge is 2.16. The van der Waals surface area contributed by atoms with Crippen molar-refractivity contribution >= 4 is 15.7 Å². The molecule has 2 aromatic heterocycles. The van der Waals surface area contributed by atoms with Crippen LogP contribution < -0.4 is 9.46 Å². The Kier molecular flexibility index (Phi) is 6.29. The molecule has 176 valence electrons. The van der Waals surface area contributed by atoms with E-state index in [4.69, 9.17) is 4.74 Å². The van der Waals surface area contributed by atoms with E-state index < -0.39 is 27.4 Å². The summed E-state index contributed by atoms with van der Waals surface area (Å²) in [5.74, 6) is -0.452. The second-order valence-electron chi connectivity index (χ2n) is 7.67. The van der Waals surface area contributed by atoms with E-state index in [1.54, 1.807) is 29.8 Å². The maximum Gasteiger partial charge on any atom is 0.237 e. The Morgan fingerprint density at radius 1 is 0.971 bits per heavy atom. The van der Waals surface area contributed by atoms with E-state index >= 15 is 0 Å². The lowest BCUT2D eigenvalue weighted by Crippen LogP contribution is -2.16. The van der Waals surface area contributed by atoms with Gasteiger partial charge in [-0.3, -0.25) is 4.72 Å². The highest BCUT2D eigenvalue weighted by atomic mass is 32.2. The highest BCUT2D eigenvalue weighted by Crippen LogP contribution is 2.24. The van der Waals surface area contributed by atoms with Crippen molar-refractivity contribution in [1.29, 1.82) is 0 Å². The molecule has 0 saturated heterocycles. The highest BCUT2D eigenvalue weighted by molar-refractivity contribution is 7.91. The molecule has 0 bridgehead atoms. The van der Waals surface area contributed by atoms with Gasteiger partial charge in [0.25, 0.3) is 0 Å². The predicted molar refractivity (Wildman–Crippen MR) is 122 cm³/mol. The summed E-state index contributed by atoms with van der Waals surface area (Å²) in [5, 5.41) is 4.42. The summed E-state index contributed by atoms with van der Waals surface area (Å²) in [7, 11) is -3.97. The van der Waals surface area contributed by atoms with E-state index in [-0.39, 0.29) is 11.3 Å². The summed E-state index contributed by atoms with van der Waals surface area (Å²) < 4.78 is 61.8. The van der Waals surface area contributed by atoms with Gasteiger partial charge in [-0.2, -0.15) is 10.1 Å². The lowest BCUT2D eigenvalue weighted by molar-refractivity contribution is 0.459. The van der Waals surface area contributed by atoms with Crippen molar-refractivity contribution in [2.45, 2.75) is 26.5 Å². The molecule has 0 spiro atoms. The van der Waals surface area contributed by atoms with Gasteiger partial charge in [0, 0.05) is 23.0 Å². The number of benzene rings is 2. The SMILES string of the molecule is Cc1cc(C)n(-c2cc(Oc3ccc(NS(=O)(=O)Cc4cc(F)ccc4F)cc3)nc(C)n2)n1. The van der Waals surface area contributed by atoms with E-state index in [0.29, 0.717) is 23.3 Å². The number of nitrogens with zero attached hydrogens (tertiary/aromatic N) is 4.